The molecule has 0 saturated heterocycles. The van der Waals surface area contributed by atoms with Crippen LogP contribution in [0.4, 0.5) is 0 Å². The lowest BCUT2D eigenvalue weighted by atomic mass is 9.96. The molecular weight excluding hydrogens is 240 g/mol. The highest BCUT2D eigenvalue weighted by Crippen LogP contribution is 2.21. The Morgan fingerprint density at radius 1 is 1.11 bits per heavy atom. The fourth-order valence-corrected chi connectivity index (χ4v) is 2.17. The van der Waals surface area contributed by atoms with Gasteiger partial charge in [0.05, 0.1) is 12.7 Å². The minimum Gasteiger partial charge on any atom is -0.496 e. The third-order valence-corrected chi connectivity index (χ3v) is 2.91. The van der Waals surface area contributed by atoms with Gasteiger partial charge in [-0.15, -0.1) is 0 Å². The summed E-state index contributed by atoms with van der Waals surface area (Å²) in [4.78, 5) is 16.7. The number of benzene rings is 1. The van der Waals surface area contributed by atoms with Gasteiger partial charge in [-0.3, -0.25) is 4.79 Å². The Labute approximate surface area is 116 Å². The number of para-hydroxylation sites is 1. The van der Waals surface area contributed by atoms with Crippen molar-refractivity contribution >= 4 is 5.78 Å². The molecule has 0 aliphatic carbocycles. The normalized spacial score (nSPS) is 11.4. The van der Waals surface area contributed by atoms with Gasteiger partial charge >= 0.3 is 0 Å². The van der Waals surface area contributed by atoms with Crippen molar-refractivity contribution in [2.24, 2.45) is 5.92 Å². The van der Waals surface area contributed by atoms with E-state index in [0.29, 0.717) is 11.3 Å². The van der Waals surface area contributed by atoms with Crippen molar-refractivity contribution < 1.29 is 9.53 Å². The van der Waals surface area contributed by atoms with Crippen LogP contribution in [0.2, 0.25) is 0 Å². The van der Waals surface area contributed by atoms with E-state index in [0.717, 1.165) is 13.1 Å². The monoisotopic (exact) mass is 264 g/mol. The Hall–Kier alpha value is -1.39. The van der Waals surface area contributed by atoms with E-state index >= 15 is 0 Å². The standard InChI is InChI=1S/C15H24N2O2/c1-16(2)10-12(11-17(3)4)15(18)13-8-6-7-9-14(13)19-5/h6-9,12H,10-11H2,1-5H3. The van der Waals surface area contributed by atoms with Gasteiger partial charge in [0.1, 0.15) is 5.75 Å². The molecule has 0 atom stereocenters. The minimum atomic E-state index is -0.0544. The molecule has 0 saturated carbocycles. The van der Waals surface area contributed by atoms with E-state index in [9.17, 15) is 4.79 Å². The lowest BCUT2D eigenvalue weighted by Gasteiger charge is -2.23. The Kier molecular flexibility index (Phi) is 5.99. The van der Waals surface area contributed by atoms with Crippen LogP contribution < -0.4 is 4.74 Å². The zero-order valence-corrected chi connectivity index (χ0v) is 12.5. The van der Waals surface area contributed by atoms with Crippen molar-refractivity contribution in [3.63, 3.8) is 0 Å². The third kappa shape index (κ3) is 4.65. The van der Waals surface area contributed by atoms with Crippen LogP contribution in [0.3, 0.4) is 0 Å². The van der Waals surface area contributed by atoms with Gasteiger partial charge in [-0.25, -0.2) is 0 Å². The largest absolute Gasteiger partial charge is 0.496 e. The van der Waals surface area contributed by atoms with E-state index in [1.165, 1.54) is 0 Å². The van der Waals surface area contributed by atoms with E-state index in [2.05, 4.69) is 0 Å². The lowest BCUT2D eigenvalue weighted by molar-refractivity contribution is 0.0867. The van der Waals surface area contributed by atoms with E-state index in [-0.39, 0.29) is 11.7 Å². The average molecular weight is 264 g/mol. The maximum absolute atomic E-state index is 12.7. The number of ether oxygens (including phenoxy) is 1. The Morgan fingerprint density at radius 3 is 2.11 bits per heavy atom. The van der Waals surface area contributed by atoms with Gasteiger partial charge in [-0.05, 0) is 40.3 Å². The lowest BCUT2D eigenvalue weighted by Crippen LogP contribution is -2.35. The maximum Gasteiger partial charge on any atom is 0.172 e. The number of rotatable bonds is 7. The van der Waals surface area contributed by atoms with Crippen LogP contribution in [0, 0.1) is 5.92 Å². The summed E-state index contributed by atoms with van der Waals surface area (Å²) in [5, 5.41) is 0. The maximum atomic E-state index is 12.7. The van der Waals surface area contributed by atoms with Crippen molar-refractivity contribution in [2.45, 2.75) is 0 Å². The number of carbonyl (C=O) groups excluding carboxylic acids is 1. The van der Waals surface area contributed by atoms with Crippen molar-refractivity contribution in [1.29, 1.82) is 0 Å². The predicted octanol–water partition coefficient (Wildman–Crippen LogP) is 1.62. The summed E-state index contributed by atoms with van der Waals surface area (Å²) in [6.45, 7) is 1.46. The molecule has 0 bridgehead atoms. The first-order valence-corrected chi connectivity index (χ1v) is 6.42. The fourth-order valence-electron chi connectivity index (χ4n) is 2.17. The Bertz CT molecular complexity index is 406. The number of ketones is 1. The van der Waals surface area contributed by atoms with Crippen LogP contribution in [0.5, 0.6) is 5.75 Å². The first-order valence-electron chi connectivity index (χ1n) is 6.42. The summed E-state index contributed by atoms with van der Waals surface area (Å²) in [6.07, 6.45) is 0. The first-order chi connectivity index (χ1) is 8.95. The van der Waals surface area contributed by atoms with E-state index in [1.807, 2.05) is 62.3 Å². The van der Waals surface area contributed by atoms with Crippen LogP contribution in [0.15, 0.2) is 24.3 Å². The second-order valence-corrected chi connectivity index (χ2v) is 5.29. The van der Waals surface area contributed by atoms with E-state index < -0.39 is 0 Å². The molecule has 0 unspecified atom stereocenters. The topological polar surface area (TPSA) is 32.8 Å². The van der Waals surface area contributed by atoms with Crippen molar-refractivity contribution in [2.75, 3.05) is 48.4 Å². The van der Waals surface area contributed by atoms with Crippen molar-refractivity contribution in [3.8, 4) is 5.75 Å². The van der Waals surface area contributed by atoms with Crippen molar-refractivity contribution in [3.05, 3.63) is 29.8 Å². The molecule has 0 aliphatic heterocycles. The highest BCUT2D eigenvalue weighted by atomic mass is 16.5. The van der Waals surface area contributed by atoms with Crippen LogP contribution in [-0.4, -0.2) is 64.0 Å². The molecule has 0 heterocycles. The molecule has 0 amide bonds. The summed E-state index contributed by atoms with van der Waals surface area (Å²) in [7, 11) is 9.53. The van der Waals surface area contributed by atoms with Crippen LogP contribution in [0.1, 0.15) is 10.4 Å². The van der Waals surface area contributed by atoms with Gasteiger partial charge in [0.2, 0.25) is 0 Å². The second kappa shape index (κ2) is 7.26. The second-order valence-electron chi connectivity index (χ2n) is 5.29. The number of nitrogens with zero attached hydrogens (tertiary/aromatic N) is 2. The molecule has 0 radical (unpaired) electrons. The summed E-state index contributed by atoms with van der Waals surface area (Å²) < 4.78 is 5.28. The van der Waals surface area contributed by atoms with Gasteiger partial charge in [-0.1, -0.05) is 12.1 Å². The van der Waals surface area contributed by atoms with Crippen molar-refractivity contribution in [1.82, 2.24) is 9.80 Å². The minimum absolute atomic E-state index is 0.0544. The predicted molar refractivity (Wildman–Crippen MR) is 77.9 cm³/mol. The summed E-state index contributed by atoms with van der Waals surface area (Å²) in [6, 6.07) is 7.41. The molecule has 0 fully saturated rings. The summed E-state index contributed by atoms with van der Waals surface area (Å²) in [5.74, 6) is 0.733. The average Bonchev–Trinajstić information content (AvgIpc) is 2.36. The number of Topliss-reactive ketones (excluding diaryl/α,β-unsaturated/α-hetero) is 1. The molecule has 1 aromatic rings. The molecule has 106 valence electrons. The molecule has 19 heavy (non-hydrogen) atoms. The number of hydrogen-bond acceptors (Lipinski definition) is 4. The smallest absolute Gasteiger partial charge is 0.172 e. The fraction of sp³-hybridized carbons (Fsp3) is 0.533. The number of methoxy groups -OCH3 is 1. The van der Waals surface area contributed by atoms with Crippen LogP contribution in [0.25, 0.3) is 0 Å². The molecule has 0 aliphatic rings. The Balaban J connectivity index is 2.97. The Morgan fingerprint density at radius 2 is 1.63 bits per heavy atom. The summed E-state index contributed by atoms with van der Waals surface area (Å²) >= 11 is 0. The molecule has 4 heteroatoms. The zero-order valence-electron chi connectivity index (χ0n) is 12.5. The number of hydrogen-bond donors (Lipinski definition) is 0. The highest BCUT2D eigenvalue weighted by Gasteiger charge is 2.23. The first kappa shape index (κ1) is 15.7. The molecule has 4 nitrogen and oxygen atoms in total. The molecule has 1 rings (SSSR count). The van der Waals surface area contributed by atoms with E-state index in [1.54, 1.807) is 7.11 Å². The van der Waals surface area contributed by atoms with Gasteiger partial charge in [0, 0.05) is 19.0 Å². The van der Waals surface area contributed by atoms with E-state index in [4.69, 9.17) is 4.74 Å². The van der Waals surface area contributed by atoms with Gasteiger partial charge in [0.25, 0.3) is 0 Å². The van der Waals surface area contributed by atoms with Crippen LogP contribution >= 0.6 is 0 Å². The van der Waals surface area contributed by atoms with Gasteiger partial charge in [-0.2, -0.15) is 0 Å². The van der Waals surface area contributed by atoms with Gasteiger partial charge < -0.3 is 14.5 Å². The van der Waals surface area contributed by atoms with Crippen LogP contribution in [-0.2, 0) is 0 Å². The molecule has 0 N–H and O–H groups in total. The molecular formula is C15H24N2O2. The third-order valence-electron chi connectivity index (χ3n) is 2.91. The number of carbonyl (C=O) groups is 1. The molecule has 1 aromatic carbocycles. The van der Waals surface area contributed by atoms with Gasteiger partial charge in [0.15, 0.2) is 5.78 Å². The summed E-state index contributed by atoms with van der Waals surface area (Å²) in [5.41, 5.74) is 0.665. The highest BCUT2D eigenvalue weighted by molar-refractivity contribution is 6.00. The quantitative estimate of drug-likeness (QED) is 0.701. The SMILES string of the molecule is COc1ccccc1C(=O)C(CN(C)C)CN(C)C. The molecule has 0 aromatic heterocycles. The zero-order chi connectivity index (χ0) is 14.4. The molecule has 0 spiro atoms.